The van der Waals surface area contributed by atoms with E-state index < -0.39 is 11.9 Å². The second-order valence-electron chi connectivity index (χ2n) is 5.08. The third-order valence-corrected chi connectivity index (χ3v) is 3.17. The van der Waals surface area contributed by atoms with E-state index in [1.165, 1.54) is 12.1 Å². The molecule has 2 aromatic rings. The Balaban J connectivity index is 1.77. The number of nitrogens with one attached hydrogen (secondary N) is 1. The number of rotatable bonds is 6. The highest BCUT2D eigenvalue weighted by atomic mass is 16.5. The van der Waals surface area contributed by atoms with Crippen LogP contribution >= 0.6 is 0 Å². The van der Waals surface area contributed by atoms with Crippen LogP contribution in [0.3, 0.4) is 0 Å². The molecule has 24 heavy (non-hydrogen) atoms. The smallest absolute Gasteiger partial charge is 0.310 e. The summed E-state index contributed by atoms with van der Waals surface area (Å²) in [5, 5.41) is 20.4. The average Bonchev–Trinajstić information content (AvgIpc) is 2.57. The molecule has 0 unspecified atom stereocenters. The van der Waals surface area contributed by atoms with Crippen LogP contribution in [0.25, 0.3) is 0 Å². The summed E-state index contributed by atoms with van der Waals surface area (Å²) >= 11 is 0. The molecule has 6 nitrogen and oxygen atoms in total. The van der Waals surface area contributed by atoms with Crippen molar-refractivity contribution in [2.45, 2.75) is 12.8 Å². The van der Waals surface area contributed by atoms with Crippen LogP contribution in [0.4, 0.5) is 5.69 Å². The number of nitriles is 1. The summed E-state index contributed by atoms with van der Waals surface area (Å²) in [4.78, 5) is 23.4. The lowest BCUT2D eigenvalue weighted by Gasteiger charge is -2.07. The van der Waals surface area contributed by atoms with E-state index in [0.29, 0.717) is 17.7 Å². The van der Waals surface area contributed by atoms with Gasteiger partial charge in [-0.3, -0.25) is 9.59 Å². The summed E-state index contributed by atoms with van der Waals surface area (Å²) < 4.78 is 4.92. The van der Waals surface area contributed by atoms with Crippen LogP contribution in [0, 0.1) is 11.3 Å². The summed E-state index contributed by atoms with van der Waals surface area (Å²) in [6.45, 7) is -0.378. The summed E-state index contributed by atoms with van der Waals surface area (Å²) in [6.07, 6.45) is 0.333. The lowest BCUT2D eigenvalue weighted by molar-refractivity contribution is -0.146. The van der Waals surface area contributed by atoms with Crippen molar-refractivity contribution in [1.29, 1.82) is 5.26 Å². The maximum absolute atomic E-state index is 11.8. The minimum Gasteiger partial charge on any atom is -0.508 e. The van der Waals surface area contributed by atoms with Crippen molar-refractivity contribution in [1.82, 2.24) is 0 Å². The molecule has 0 radical (unpaired) electrons. The zero-order valence-electron chi connectivity index (χ0n) is 12.9. The number of esters is 1. The fourth-order valence-corrected chi connectivity index (χ4v) is 1.97. The topological polar surface area (TPSA) is 99.4 Å². The molecule has 0 fully saturated rings. The van der Waals surface area contributed by atoms with Gasteiger partial charge in [0.25, 0.3) is 5.91 Å². The molecule has 122 valence electrons. The highest BCUT2D eigenvalue weighted by Crippen LogP contribution is 2.11. The molecule has 1 amide bonds. The molecule has 0 atom stereocenters. The van der Waals surface area contributed by atoms with Crippen molar-refractivity contribution in [3.8, 4) is 11.8 Å². The molecule has 0 bridgehead atoms. The molecule has 2 N–H and O–H groups in total. The van der Waals surface area contributed by atoms with Gasteiger partial charge in [-0.1, -0.05) is 24.3 Å². The first-order valence-electron chi connectivity index (χ1n) is 7.26. The largest absolute Gasteiger partial charge is 0.508 e. The Hall–Kier alpha value is -3.33. The van der Waals surface area contributed by atoms with E-state index in [9.17, 15) is 9.59 Å². The van der Waals surface area contributed by atoms with Crippen LogP contribution < -0.4 is 5.32 Å². The van der Waals surface area contributed by atoms with Gasteiger partial charge in [0.15, 0.2) is 6.61 Å². The van der Waals surface area contributed by atoms with Gasteiger partial charge in [0.1, 0.15) is 5.75 Å². The fourth-order valence-electron chi connectivity index (χ4n) is 1.97. The summed E-state index contributed by atoms with van der Waals surface area (Å²) in [5.41, 5.74) is 2.11. The first-order chi connectivity index (χ1) is 11.6. The Bertz CT molecular complexity index is 746. The number of phenols is 1. The van der Waals surface area contributed by atoms with E-state index >= 15 is 0 Å². The van der Waals surface area contributed by atoms with Crippen LogP contribution in [0.1, 0.15) is 11.1 Å². The van der Waals surface area contributed by atoms with Crippen molar-refractivity contribution >= 4 is 17.6 Å². The molecule has 2 rings (SSSR count). The normalized spacial score (nSPS) is 9.79. The van der Waals surface area contributed by atoms with Crippen molar-refractivity contribution in [3.05, 3.63) is 59.7 Å². The van der Waals surface area contributed by atoms with E-state index in [-0.39, 0.29) is 18.8 Å². The Morgan fingerprint density at radius 1 is 1.04 bits per heavy atom. The third-order valence-electron chi connectivity index (χ3n) is 3.17. The Labute approximate surface area is 139 Å². The second-order valence-corrected chi connectivity index (χ2v) is 5.08. The number of phenolic OH excluding ortho intramolecular Hbond substituents is 1. The molecule has 0 aromatic heterocycles. The van der Waals surface area contributed by atoms with Crippen molar-refractivity contribution in [2.24, 2.45) is 0 Å². The first kappa shape index (κ1) is 17.0. The van der Waals surface area contributed by atoms with Gasteiger partial charge in [0.05, 0.1) is 18.9 Å². The third kappa shape index (κ3) is 5.46. The minimum absolute atomic E-state index is 0.0242. The van der Waals surface area contributed by atoms with E-state index in [4.69, 9.17) is 15.1 Å². The number of nitrogens with zero attached hydrogens (tertiary/aromatic N) is 1. The Kier molecular flexibility index (Phi) is 5.92. The number of ether oxygens (including phenoxy) is 1. The van der Waals surface area contributed by atoms with E-state index in [1.54, 1.807) is 36.4 Å². The lowest BCUT2D eigenvalue weighted by atomic mass is 10.1. The van der Waals surface area contributed by atoms with Crippen LogP contribution in [0.2, 0.25) is 0 Å². The average molecular weight is 324 g/mol. The van der Waals surface area contributed by atoms with Crippen LogP contribution in [-0.4, -0.2) is 23.6 Å². The van der Waals surface area contributed by atoms with E-state index in [0.717, 1.165) is 5.56 Å². The number of hydrogen-bond acceptors (Lipinski definition) is 5. The lowest BCUT2D eigenvalue weighted by Crippen LogP contribution is -2.21. The van der Waals surface area contributed by atoms with E-state index in [2.05, 4.69) is 5.32 Å². The van der Waals surface area contributed by atoms with Crippen LogP contribution in [0.15, 0.2) is 48.5 Å². The fraction of sp³-hybridized carbons (Fsp3) is 0.167. The summed E-state index contributed by atoms with van der Waals surface area (Å²) in [6, 6.07) is 15.1. The number of aromatic hydroxyl groups is 1. The molecular formula is C18H16N2O4. The first-order valence-corrected chi connectivity index (χ1v) is 7.26. The maximum Gasteiger partial charge on any atom is 0.310 e. The van der Waals surface area contributed by atoms with Crippen molar-refractivity contribution < 1.29 is 19.4 Å². The molecule has 0 spiro atoms. The molecule has 0 saturated carbocycles. The second kappa shape index (κ2) is 8.34. The van der Waals surface area contributed by atoms with Gasteiger partial charge >= 0.3 is 5.97 Å². The predicted molar refractivity (Wildman–Crippen MR) is 87.2 cm³/mol. The molecule has 0 heterocycles. The number of carbonyl (C=O) groups is 2. The van der Waals surface area contributed by atoms with Gasteiger partial charge in [0.2, 0.25) is 0 Å². The van der Waals surface area contributed by atoms with Gasteiger partial charge in [-0.15, -0.1) is 0 Å². The standard InChI is InChI=1S/C18H16N2O4/c19-10-9-13-1-5-15(6-2-13)20-17(22)12-24-18(23)11-14-3-7-16(21)8-4-14/h1-8,21H,9,11-12H2,(H,20,22). The van der Waals surface area contributed by atoms with Crippen molar-refractivity contribution in [2.75, 3.05) is 11.9 Å². The number of amides is 1. The molecule has 0 saturated heterocycles. The van der Waals surface area contributed by atoms with Gasteiger partial charge in [-0.2, -0.15) is 5.26 Å². The zero-order valence-corrected chi connectivity index (χ0v) is 12.9. The van der Waals surface area contributed by atoms with E-state index in [1.807, 2.05) is 6.07 Å². The SMILES string of the molecule is N#CCc1ccc(NC(=O)COC(=O)Cc2ccc(O)cc2)cc1. The van der Waals surface area contributed by atoms with Crippen LogP contribution in [0.5, 0.6) is 5.75 Å². The number of anilines is 1. The highest BCUT2D eigenvalue weighted by Gasteiger charge is 2.09. The quantitative estimate of drug-likeness (QED) is 0.793. The number of carbonyl (C=O) groups excluding carboxylic acids is 2. The monoisotopic (exact) mass is 324 g/mol. The number of hydrogen-bond donors (Lipinski definition) is 2. The predicted octanol–water partition coefficient (Wildman–Crippen LogP) is 2.18. The van der Waals surface area contributed by atoms with Crippen LogP contribution in [-0.2, 0) is 27.2 Å². The van der Waals surface area contributed by atoms with Gasteiger partial charge < -0.3 is 15.2 Å². The van der Waals surface area contributed by atoms with Gasteiger partial charge in [0, 0.05) is 5.69 Å². The highest BCUT2D eigenvalue weighted by molar-refractivity contribution is 5.92. The van der Waals surface area contributed by atoms with Gasteiger partial charge in [-0.05, 0) is 35.4 Å². The summed E-state index contributed by atoms with van der Waals surface area (Å²) in [5.74, 6) is -0.852. The molecule has 2 aromatic carbocycles. The summed E-state index contributed by atoms with van der Waals surface area (Å²) in [7, 11) is 0. The molecule has 0 aliphatic rings. The molecule has 0 aliphatic heterocycles. The Morgan fingerprint density at radius 2 is 1.67 bits per heavy atom. The Morgan fingerprint density at radius 3 is 2.29 bits per heavy atom. The van der Waals surface area contributed by atoms with Crippen molar-refractivity contribution in [3.63, 3.8) is 0 Å². The number of benzene rings is 2. The molecular weight excluding hydrogens is 308 g/mol. The molecule has 6 heteroatoms. The van der Waals surface area contributed by atoms with Gasteiger partial charge in [-0.25, -0.2) is 0 Å². The zero-order chi connectivity index (χ0) is 17.4. The minimum atomic E-state index is -0.528. The molecule has 0 aliphatic carbocycles. The maximum atomic E-state index is 11.8.